The van der Waals surface area contributed by atoms with E-state index in [0.29, 0.717) is 18.1 Å². The first kappa shape index (κ1) is 19.9. The monoisotopic (exact) mass is 364 g/mol. The molecule has 0 aliphatic rings. The topological polar surface area (TPSA) is 26.3 Å². The van der Waals surface area contributed by atoms with Crippen LogP contribution in [0.5, 0.6) is 5.75 Å². The van der Waals surface area contributed by atoms with Crippen molar-refractivity contribution in [3.05, 3.63) is 91.0 Å². The average molecular weight is 364 g/mol. The number of ether oxygens (including phenoxy) is 1. The van der Waals surface area contributed by atoms with Gasteiger partial charge in [-0.2, -0.15) is 0 Å². The average Bonchev–Trinajstić information content (AvgIpc) is 2.64. The summed E-state index contributed by atoms with van der Waals surface area (Å²) in [5.41, 5.74) is 0. The van der Waals surface area contributed by atoms with Crippen LogP contribution in [0.15, 0.2) is 91.0 Å². The molecule has 3 heteroatoms. The van der Waals surface area contributed by atoms with Crippen LogP contribution in [0.25, 0.3) is 0 Å². The lowest BCUT2D eigenvalue weighted by molar-refractivity contribution is -0.135. The molecule has 0 aliphatic heterocycles. The molecular formula is C23H25O2P. The Bertz CT molecular complexity index is 718. The highest BCUT2D eigenvalue weighted by molar-refractivity contribution is 7.55. The van der Waals surface area contributed by atoms with Crippen LogP contribution in [0.1, 0.15) is 20.3 Å². The lowest BCUT2D eigenvalue weighted by Crippen LogP contribution is -2.10. The molecule has 0 N–H and O–H groups in total. The zero-order valence-electron chi connectivity index (χ0n) is 15.3. The standard InChI is InChI=1S/C12H11P.C11H14O2/c1-3-7-11(8-4-1)13-12-9-5-2-6-10-12;1-9(2)8-11(12)13-10-6-4-3-5-7-10/h1-10,13H;3-7,9H,8H2,1-2H3. The van der Waals surface area contributed by atoms with Gasteiger partial charge < -0.3 is 4.74 Å². The van der Waals surface area contributed by atoms with Crippen LogP contribution in [-0.2, 0) is 4.79 Å². The Morgan fingerprint density at radius 3 is 1.62 bits per heavy atom. The molecule has 26 heavy (non-hydrogen) atoms. The second-order valence-corrected chi connectivity index (χ2v) is 7.65. The minimum absolute atomic E-state index is 0.166. The number of hydrogen-bond donors (Lipinski definition) is 0. The molecule has 3 aromatic rings. The van der Waals surface area contributed by atoms with E-state index in [-0.39, 0.29) is 5.97 Å². The maximum absolute atomic E-state index is 11.2. The van der Waals surface area contributed by atoms with Crippen molar-refractivity contribution in [2.45, 2.75) is 20.3 Å². The Balaban J connectivity index is 0.000000187. The number of rotatable bonds is 5. The van der Waals surface area contributed by atoms with Crippen LogP contribution in [0.3, 0.4) is 0 Å². The number of carbonyl (C=O) groups excluding carboxylic acids is 1. The number of esters is 1. The maximum Gasteiger partial charge on any atom is 0.311 e. The van der Waals surface area contributed by atoms with E-state index in [9.17, 15) is 4.79 Å². The van der Waals surface area contributed by atoms with Crippen molar-refractivity contribution in [3.8, 4) is 5.75 Å². The third kappa shape index (κ3) is 8.09. The predicted octanol–water partition coefficient (Wildman–Crippen LogP) is 4.95. The Morgan fingerprint density at radius 1 is 0.769 bits per heavy atom. The molecule has 134 valence electrons. The molecule has 0 radical (unpaired) electrons. The summed E-state index contributed by atoms with van der Waals surface area (Å²) in [4.78, 5) is 11.2. The number of benzene rings is 3. The summed E-state index contributed by atoms with van der Waals surface area (Å²) in [6.07, 6.45) is 0.467. The highest BCUT2D eigenvalue weighted by Crippen LogP contribution is 2.11. The van der Waals surface area contributed by atoms with Crippen molar-refractivity contribution < 1.29 is 9.53 Å². The summed E-state index contributed by atoms with van der Waals surface area (Å²) in [5.74, 6) is 0.797. The minimum Gasteiger partial charge on any atom is -0.427 e. The van der Waals surface area contributed by atoms with Gasteiger partial charge in [0.15, 0.2) is 0 Å². The highest BCUT2D eigenvalue weighted by Gasteiger charge is 2.06. The summed E-state index contributed by atoms with van der Waals surface area (Å²) in [5, 5.41) is 2.79. The van der Waals surface area contributed by atoms with Gasteiger partial charge in [-0.1, -0.05) is 101 Å². The minimum atomic E-state index is -0.166. The summed E-state index contributed by atoms with van der Waals surface area (Å²) < 4.78 is 5.09. The van der Waals surface area contributed by atoms with E-state index in [0.717, 1.165) is 8.58 Å². The van der Waals surface area contributed by atoms with Gasteiger partial charge in [-0.25, -0.2) is 0 Å². The van der Waals surface area contributed by atoms with Crippen LogP contribution in [0.4, 0.5) is 0 Å². The zero-order valence-corrected chi connectivity index (χ0v) is 16.3. The molecule has 0 heterocycles. The van der Waals surface area contributed by atoms with E-state index in [4.69, 9.17) is 4.74 Å². The fourth-order valence-corrected chi connectivity index (χ4v) is 3.26. The maximum atomic E-state index is 11.2. The van der Waals surface area contributed by atoms with Crippen molar-refractivity contribution in [1.29, 1.82) is 0 Å². The Kier molecular flexibility index (Phi) is 8.59. The third-order valence-electron chi connectivity index (χ3n) is 3.39. The molecule has 3 rings (SSSR count). The molecule has 0 spiro atoms. The quantitative estimate of drug-likeness (QED) is 0.364. The summed E-state index contributed by atoms with van der Waals surface area (Å²) in [7, 11) is 0.777. The fourth-order valence-electron chi connectivity index (χ4n) is 2.20. The molecule has 0 saturated carbocycles. The molecule has 0 atom stereocenters. The predicted molar refractivity (Wildman–Crippen MR) is 112 cm³/mol. The number of para-hydroxylation sites is 1. The second-order valence-electron chi connectivity index (χ2n) is 6.24. The summed E-state index contributed by atoms with van der Waals surface area (Å²) >= 11 is 0. The van der Waals surface area contributed by atoms with E-state index < -0.39 is 0 Å². The number of hydrogen-bond acceptors (Lipinski definition) is 2. The van der Waals surface area contributed by atoms with Gasteiger partial charge in [0.1, 0.15) is 5.75 Å². The van der Waals surface area contributed by atoms with E-state index >= 15 is 0 Å². The molecule has 0 aromatic heterocycles. The van der Waals surface area contributed by atoms with Gasteiger partial charge in [0, 0.05) is 6.42 Å². The zero-order chi connectivity index (χ0) is 18.6. The lowest BCUT2D eigenvalue weighted by atomic mass is 10.1. The normalized spacial score (nSPS) is 9.96. The molecule has 2 nitrogen and oxygen atoms in total. The molecule has 0 saturated heterocycles. The lowest BCUT2D eigenvalue weighted by Gasteiger charge is -2.05. The van der Waals surface area contributed by atoms with Gasteiger partial charge in [-0.05, 0) is 28.7 Å². The van der Waals surface area contributed by atoms with E-state index in [1.54, 1.807) is 12.1 Å². The Morgan fingerprint density at radius 2 is 1.19 bits per heavy atom. The molecular weight excluding hydrogens is 339 g/mol. The van der Waals surface area contributed by atoms with E-state index in [1.165, 1.54) is 10.6 Å². The second kappa shape index (κ2) is 11.2. The molecule has 0 amide bonds. The smallest absolute Gasteiger partial charge is 0.311 e. The van der Waals surface area contributed by atoms with E-state index in [2.05, 4.69) is 60.7 Å². The summed E-state index contributed by atoms with van der Waals surface area (Å²) in [6, 6.07) is 30.3. The van der Waals surface area contributed by atoms with Gasteiger partial charge in [-0.15, -0.1) is 0 Å². The molecule has 0 bridgehead atoms. The first-order valence-electron chi connectivity index (χ1n) is 8.76. The van der Waals surface area contributed by atoms with Crippen molar-refractivity contribution >= 4 is 25.2 Å². The van der Waals surface area contributed by atoms with Gasteiger partial charge >= 0.3 is 5.97 Å². The Hall–Kier alpha value is -2.44. The molecule has 0 aliphatic carbocycles. The van der Waals surface area contributed by atoms with Crippen LogP contribution >= 0.6 is 8.58 Å². The van der Waals surface area contributed by atoms with Crippen LogP contribution in [0.2, 0.25) is 0 Å². The largest absolute Gasteiger partial charge is 0.427 e. The fraction of sp³-hybridized carbons (Fsp3) is 0.174. The first-order chi connectivity index (χ1) is 12.6. The SMILES string of the molecule is CC(C)CC(=O)Oc1ccccc1.c1ccc(Pc2ccccc2)cc1. The number of carbonyl (C=O) groups is 1. The van der Waals surface area contributed by atoms with Gasteiger partial charge in [-0.3, -0.25) is 4.79 Å². The van der Waals surface area contributed by atoms with E-state index in [1.807, 2.05) is 32.0 Å². The molecule has 3 aromatic carbocycles. The van der Waals surface area contributed by atoms with Crippen molar-refractivity contribution in [2.75, 3.05) is 0 Å². The van der Waals surface area contributed by atoms with Crippen molar-refractivity contribution in [3.63, 3.8) is 0 Å². The molecule has 0 fully saturated rings. The van der Waals surface area contributed by atoms with Crippen LogP contribution in [-0.4, -0.2) is 5.97 Å². The van der Waals surface area contributed by atoms with Crippen molar-refractivity contribution in [1.82, 2.24) is 0 Å². The van der Waals surface area contributed by atoms with Gasteiger partial charge in [0.2, 0.25) is 0 Å². The molecule has 0 unspecified atom stereocenters. The first-order valence-corrected chi connectivity index (χ1v) is 9.76. The van der Waals surface area contributed by atoms with Crippen LogP contribution in [0, 0.1) is 5.92 Å². The third-order valence-corrected chi connectivity index (χ3v) is 4.63. The summed E-state index contributed by atoms with van der Waals surface area (Å²) in [6.45, 7) is 3.98. The Labute approximate surface area is 158 Å². The highest BCUT2D eigenvalue weighted by atomic mass is 31.1. The van der Waals surface area contributed by atoms with Crippen LogP contribution < -0.4 is 15.3 Å². The van der Waals surface area contributed by atoms with Gasteiger partial charge in [0.25, 0.3) is 0 Å². The van der Waals surface area contributed by atoms with Crippen molar-refractivity contribution in [2.24, 2.45) is 5.92 Å². The van der Waals surface area contributed by atoms with Gasteiger partial charge in [0.05, 0.1) is 0 Å².